The van der Waals surface area contributed by atoms with Gasteiger partial charge in [0.15, 0.2) is 5.82 Å². The molecule has 0 N–H and O–H groups in total. The number of aromatic nitrogens is 3. The summed E-state index contributed by atoms with van der Waals surface area (Å²) in [6.07, 6.45) is 0. The third-order valence-electron chi connectivity index (χ3n) is 5.08. The van der Waals surface area contributed by atoms with Crippen LogP contribution in [0, 0.1) is 11.3 Å². The molecule has 0 aliphatic carbocycles. The number of benzene rings is 2. The average Bonchev–Trinajstić information content (AvgIpc) is 3.39. The number of thioether (sulfide) groups is 2. The molecule has 1 aromatic heterocycles. The fourth-order valence-electron chi connectivity index (χ4n) is 3.55. The first-order valence-electron chi connectivity index (χ1n) is 9.27. The van der Waals surface area contributed by atoms with E-state index in [2.05, 4.69) is 27.7 Å². The van der Waals surface area contributed by atoms with Crippen molar-refractivity contribution in [3.63, 3.8) is 0 Å². The molecule has 2 aromatic carbocycles. The van der Waals surface area contributed by atoms with Gasteiger partial charge in [-0.3, -0.25) is 4.57 Å². The van der Waals surface area contributed by atoms with Crippen molar-refractivity contribution >= 4 is 34.8 Å². The molecule has 0 radical (unpaired) electrons. The number of allylic oxidation sites excluding steroid dienone is 1. The fourth-order valence-corrected chi connectivity index (χ4v) is 5.54. The summed E-state index contributed by atoms with van der Waals surface area (Å²) in [6.45, 7) is 0. The third kappa shape index (κ3) is 2.98. The maximum atomic E-state index is 10.1. The Bertz CT molecular complexity index is 1240. The number of hydrogen-bond acceptors (Lipinski definition) is 7. The lowest BCUT2D eigenvalue weighted by atomic mass is 10.1. The van der Waals surface area contributed by atoms with Crippen molar-refractivity contribution in [1.82, 2.24) is 19.7 Å². The van der Waals surface area contributed by atoms with Gasteiger partial charge in [-0.05, 0) is 42.0 Å². The lowest BCUT2D eigenvalue weighted by Crippen LogP contribution is -2.14. The molecule has 2 aliphatic heterocycles. The Kier molecular flexibility index (Phi) is 4.77. The van der Waals surface area contributed by atoms with Gasteiger partial charge in [-0.1, -0.05) is 23.9 Å². The van der Waals surface area contributed by atoms with Gasteiger partial charge in [0.25, 0.3) is 0 Å². The summed E-state index contributed by atoms with van der Waals surface area (Å²) in [6, 6.07) is 18.4. The van der Waals surface area contributed by atoms with Crippen LogP contribution in [0.5, 0.6) is 5.75 Å². The van der Waals surface area contributed by atoms with E-state index in [0.717, 1.165) is 44.2 Å². The standard InChI is InChI=1S/C22H17N5OS2/c1-26-18(14-7-9-15(28-2)10-8-14)12-30-22(26)16(11-23)21-25-24-20-13-29-19-6-4-3-5-17(19)27(20)21/h3-10,12H,13H2,1-2H3/b22-16-. The number of para-hydroxylation sites is 1. The molecule has 3 aromatic rings. The summed E-state index contributed by atoms with van der Waals surface area (Å²) in [5.74, 6) is 2.99. The molecule has 148 valence electrons. The zero-order chi connectivity index (χ0) is 20.7. The Labute approximate surface area is 182 Å². The molecule has 5 rings (SSSR count). The van der Waals surface area contributed by atoms with Crippen molar-refractivity contribution < 1.29 is 4.74 Å². The number of nitrogens with zero attached hydrogens (tertiary/aromatic N) is 5. The predicted octanol–water partition coefficient (Wildman–Crippen LogP) is 4.75. The maximum Gasteiger partial charge on any atom is 0.182 e. The van der Waals surface area contributed by atoms with Gasteiger partial charge in [0.1, 0.15) is 28.2 Å². The monoisotopic (exact) mass is 431 g/mol. The molecular weight excluding hydrogens is 414 g/mol. The number of hydrogen-bond donors (Lipinski definition) is 0. The van der Waals surface area contributed by atoms with Crippen LogP contribution in [0.25, 0.3) is 17.0 Å². The minimum Gasteiger partial charge on any atom is -0.497 e. The van der Waals surface area contributed by atoms with E-state index >= 15 is 0 Å². The highest BCUT2D eigenvalue weighted by Gasteiger charge is 2.29. The zero-order valence-electron chi connectivity index (χ0n) is 16.4. The first kappa shape index (κ1) is 18.9. The van der Waals surface area contributed by atoms with Crippen molar-refractivity contribution in [3.05, 3.63) is 76.2 Å². The van der Waals surface area contributed by atoms with Gasteiger partial charge in [-0.25, -0.2) is 0 Å². The Morgan fingerprint density at radius 2 is 1.93 bits per heavy atom. The highest BCUT2D eigenvalue weighted by molar-refractivity contribution is 8.06. The van der Waals surface area contributed by atoms with Crippen LogP contribution in [0.15, 0.2) is 63.9 Å². The van der Waals surface area contributed by atoms with E-state index in [0.29, 0.717) is 11.4 Å². The van der Waals surface area contributed by atoms with E-state index in [4.69, 9.17) is 4.74 Å². The topological polar surface area (TPSA) is 67.0 Å². The molecule has 0 fully saturated rings. The van der Waals surface area contributed by atoms with Gasteiger partial charge < -0.3 is 9.64 Å². The summed E-state index contributed by atoms with van der Waals surface area (Å²) in [5.41, 5.74) is 3.62. The lowest BCUT2D eigenvalue weighted by molar-refractivity contribution is 0.414. The van der Waals surface area contributed by atoms with Crippen molar-refractivity contribution in [3.8, 4) is 17.5 Å². The molecule has 2 aliphatic rings. The molecule has 0 atom stereocenters. The van der Waals surface area contributed by atoms with Crippen LogP contribution < -0.4 is 4.74 Å². The first-order valence-corrected chi connectivity index (χ1v) is 11.1. The van der Waals surface area contributed by atoms with Gasteiger partial charge in [-0.15, -0.1) is 22.0 Å². The van der Waals surface area contributed by atoms with E-state index in [9.17, 15) is 5.26 Å². The fraction of sp³-hybridized carbons (Fsp3) is 0.136. The van der Waals surface area contributed by atoms with Gasteiger partial charge in [-0.2, -0.15) is 5.26 Å². The number of fused-ring (bicyclic) bond motifs is 3. The van der Waals surface area contributed by atoms with Crippen LogP contribution >= 0.6 is 23.5 Å². The Morgan fingerprint density at radius 1 is 1.13 bits per heavy atom. The van der Waals surface area contributed by atoms with Crippen LogP contribution in [-0.4, -0.2) is 33.8 Å². The Morgan fingerprint density at radius 3 is 2.70 bits per heavy atom. The second kappa shape index (κ2) is 7.59. The summed E-state index contributed by atoms with van der Waals surface area (Å²) >= 11 is 3.27. The van der Waals surface area contributed by atoms with Gasteiger partial charge in [0.2, 0.25) is 0 Å². The second-order valence-corrected chi connectivity index (χ2v) is 8.61. The van der Waals surface area contributed by atoms with E-state index in [-0.39, 0.29) is 0 Å². The van der Waals surface area contributed by atoms with Crippen molar-refractivity contribution in [2.75, 3.05) is 14.2 Å². The van der Waals surface area contributed by atoms with E-state index in [1.807, 2.05) is 59.0 Å². The molecule has 6 nitrogen and oxygen atoms in total. The van der Waals surface area contributed by atoms with Crippen LogP contribution in [0.3, 0.4) is 0 Å². The molecule has 3 heterocycles. The SMILES string of the molecule is COc1ccc(C2=CS/C(=C(/C#N)c3nnc4n3-c3ccccc3SC4)N2C)cc1. The number of methoxy groups -OCH3 is 1. The molecule has 0 bridgehead atoms. The van der Waals surface area contributed by atoms with Crippen LogP contribution in [0.4, 0.5) is 0 Å². The normalized spacial score (nSPS) is 16.4. The van der Waals surface area contributed by atoms with Gasteiger partial charge >= 0.3 is 0 Å². The smallest absolute Gasteiger partial charge is 0.182 e. The van der Waals surface area contributed by atoms with Gasteiger partial charge in [0.05, 0.1) is 24.2 Å². The van der Waals surface area contributed by atoms with E-state index in [1.165, 1.54) is 11.8 Å². The largest absolute Gasteiger partial charge is 0.497 e. The number of nitriles is 1. The molecule has 0 amide bonds. The highest BCUT2D eigenvalue weighted by Crippen LogP contribution is 2.43. The quantitative estimate of drug-likeness (QED) is 0.554. The number of rotatable bonds is 3. The predicted molar refractivity (Wildman–Crippen MR) is 120 cm³/mol. The van der Waals surface area contributed by atoms with Crippen LogP contribution in [0.1, 0.15) is 17.2 Å². The lowest BCUT2D eigenvalue weighted by Gasteiger charge is -2.21. The second-order valence-electron chi connectivity index (χ2n) is 6.73. The average molecular weight is 432 g/mol. The zero-order valence-corrected chi connectivity index (χ0v) is 18.0. The third-order valence-corrected chi connectivity index (χ3v) is 7.18. The number of ether oxygens (including phenoxy) is 1. The molecule has 0 unspecified atom stereocenters. The van der Waals surface area contributed by atoms with Crippen LogP contribution in [-0.2, 0) is 5.75 Å². The molecule has 8 heteroatoms. The van der Waals surface area contributed by atoms with E-state index < -0.39 is 0 Å². The Balaban J connectivity index is 1.56. The Hall–Kier alpha value is -3.15. The summed E-state index contributed by atoms with van der Waals surface area (Å²) in [5, 5.41) is 21.8. The molecular formula is C22H17N5OS2. The van der Waals surface area contributed by atoms with E-state index in [1.54, 1.807) is 18.9 Å². The summed E-state index contributed by atoms with van der Waals surface area (Å²) < 4.78 is 7.27. The minimum atomic E-state index is 0.516. The molecule has 30 heavy (non-hydrogen) atoms. The minimum absolute atomic E-state index is 0.516. The summed E-state index contributed by atoms with van der Waals surface area (Å²) in [4.78, 5) is 3.20. The molecule has 0 spiro atoms. The summed E-state index contributed by atoms with van der Waals surface area (Å²) in [7, 11) is 3.63. The van der Waals surface area contributed by atoms with Crippen molar-refractivity contribution in [2.45, 2.75) is 10.6 Å². The first-order chi connectivity index (χ1) is 14.7. The maximum absolute atomic E-state index is 10.1. The highest BCUT2D eigenvalue weighted by atomic mass is 32.2. The van der Waals surface area contributed by atoms with Crippen LogP contribution in [0.2, 0.25) is 0 Å². The molecule has 0 saturated carbocycles. The van der Waals surface area contributed by atoms with Crippen molar-refractivity contribution in [1.29, 1.82) is 5.26 Å². The molecule has 0 saturated heterocycles. The van der Waals surface area contributed by atoms with Gasteiger partial charge in [0, 0.05) is 17.4 Å². The van der Waals surface area contributed by atoms with Crippen molar-refractivity contribution in [2.24, 2.45) is 0 Å².